The van der Waals surface area contributed by atoms with Crippen molar-refractivity contribution in [2.75, 3.05) is 19.1 Å². The Morgan fingerprint density at radius 2 is 2.24 bits per heavy atom. The van der Waals surface area contributed by atoms with Crippen LogP contribution in [0.2, 0.25) is 0 Å². The summed E-state index contributed by atoms with van der Waals surface area (Å²) in [6.07, 6.45) is 4.15. The van der Waals surface area contributed by atoms with E-state index in [-0.39, 0.29) is 0 Å². The van der Waals surface area contributed by atoms with Gasteiger partial charge in [-0.25, -0.2) is 4.79 Å². The number of hydrogen-bond acceptors (Lipinski definition) is 4. The number of carbonyl (C=O) groups is 1. The highest BCUT2D eigenvalue weighted by molar-refractivity contribution is 7.98. The predicted molar refractivity (Wildman–Crippen MR) is 71.0 cm³/mol. The average molecular weight is 275 g/mol. The molecule has 0 aromatic heterocycles. The molecule has 0 aliphatic rings. The quantitative estimate of drug-likeness (QED) is 0.746. The van der Waals surface area contributed by atoms with Crippen molar-refractivity contribution in [1.29, 1.82) is 0 Å². The van der Waals surface area contributed by atoms with E-state index < -0.39 is 5.97 Å². The minimum Gasteiger partial charge on any atom is -0.496 e. The fourth-order valence-electron chi connectivity index (χ4n) is 1.52. The van der Waals surface area contributed by atoms with Crippen LogP contribution in [0.5, 0.6) is 5.75 Å². The maximum Gasteiger partial charge on any atom is 0.360 e. The van der Waals surface area contributed by atoms with E-state index in [1.165, 1.54) is 7.11 Å². The second-order valence-corrected chi connectivity index (χ2v) is 4.64. The van der Waals surface area contributed by atoms with Gasteiger partial charge in [0, 0.05) is 0 Å². The first-order chi connectivity index (χ1) is 8.22. The molecule has 0 spiro atoms. The van der Waals surface area contributed by atoms with Crippen LogP contribution >= 0.6 is 23.6 Å². The molecule has 17 heavy (non-hydrogen) atoms. The van der Waals surface area contributed by atoms with Gasteiger partial charge in [-0.05, 0) is 42.5 Å². The molecule has 0 atom stereocenters. The minimum atomic E-state index is -0.598. The van der Waals surface area contributed by atoms with E-state index in [4.69, 9.17) is 16.6 Å². The topological polar surface area (TPSA) is 35.5 Å². The lowest BCUT2D eigenvalue weighted by atomic mass is 10.1. The zero-order valence-corrected chi connectivity index (χ0v) is 11.4. The van der Waals surface area contributed by atoms with E-state index in [0.717, 1.165) is 24.2 Å². The summed E-state index contributed by atoms with van der Waals surface area (Å²) in [5.74, 6) is 1.02. The summed E-state index contributed by atoms with van der Waals surface area (Å²) < 4.78 is 9.32. The Morgan fingerprint density at radius 1 is 1.47 bits per heavy atom. The number of hydrogen-bond donors (Lipinski definition) is 0. The van der Waals surface area contributed by atoms with Crippen molar-refractivity contribution in [2.24, 2.45) is 0 Å². The summed E-state index contributed by atoms with van der Waals surface area (Å²) in [5, 5.41) is 0. The van der Waals surface area contributed by atoms with Crippen molar-refractivity contribution in [1.82, 2.24) is 0 Å². The standard InChI is InChI=1S/C12H15ClO3S/c1-15-11-8-9(4-3-7-17-2)5-6-10(11)12(14)16-13/h5-6,8H,3-4,7H2,1-2H3. The molecule has 1 rings (SSSR count). The number of methoxy groups -OCH3 is 1. The zero-order chi connectivity index (χ0) is 12.7. The first-order valence-corrected chi connectivity index (χ1v) is 6.92. The number of benzene rings is 1. The second kappa shape index (κ2) is 7.45. The molecule has 1 aromatic carbocycles. The molecule has 0 unspecified atom stereocenters. The second-order valence-electron chi connectivity index (χ2n) is 3.50. The van der Waals surface area contributed by atoms with Gasteiger partial charge in [0.25, 0.3) is 0 Å². The normalized spacial score (nSPS) is 10.1. The molecule has 0 saturated carbocycles. The van der Waals surface area contributed by atoms with Crippen LogP contribution in [0.25, 0.3) is 0 Å². The molecule has 0 radical (unpaired) electrons. The number of halogens is 1. The fraction of sp³-hybridized carbons (Fsp3) is 0.417. The first-order valence-electron chi connectivity index (χ1n) is 5.21. The Balaban J connectivity index is 2.81. The Bertz CT molecular complexity index is 382. The van der Waals surface area contributed by atoms with E-state index in [1.54, 1.807) is 6.07 Å². The maximum absolute atomic E-state index is 11.3. The van der Waals surface area contributed by atoms with Crippen molar-refractivity contribution < 1.29 is 13.8 Å². The molecular formula is C12H15ClO3S. The molecule has 0 heterocycles. The van der Waals surface area contributed by atoms with Gasteiger partial charge in [0.2, 0.25) is 0 Å². The van der Waals surface area contributed by atoms with Crippen LogP contribution < -0.4 is 4.74 Å². The summed E-state index contributed by atoms with van der Waals surface area (Å²) in [6.45, 7) is 0. The average Bonchev–Trinajstić information content (AvgIpc) is 2.38. The number of carbonyl (C=O) groups excluding carboxylic acids is 1. The predicted octanol–water partition coefficient (Wildman–Crippen LogP) is 3.30. The highest BCUT2D eigenvalue weighted by Gasteiger charge is 2.13. The smallest absolute Gasteiger partial charge is 0.360 e. The van der Waals surface area contributed by atoms with Gasteiger partial charge in [0.05, 0.1) is 7.11 Å². The summed E-state index contributed by atoms with van der Waals surface area (Å²) in [6, 6.07) is 5.42. The van der Waals surface area contributed by atoms with Crippen LogP contribution in [-0.4, -0.2) is 25.1 Å². The lowest BCUT2D eigenvalue weighted by Crippen LogP contribution is -2.02. The Hall–Kier alpha value is -0.870. The fourth-order valence-corrected chi connectivity index (χ4v) is 2.04. The van der Waals surface area contributed by atoms with E-state index in [1.807, 2.05) is 23.9 Å². The highest BCUT2D eigenvalue weighted by atomic mass is 35.5. The van der Waals surface area contributed by atoms with Gasteiger partial charge in [0.15, 0.2) is 0 Å². The van der Waals surface area contributed by atoms with Crippen LogP contribution in [0.3, 0.4) is 0 Å². The van der Waals surface area contributed by atoms with Crippen molar-refractivity contribution in [3.8, 4) is 5.75 Å². The SMILES string of the molecule is COc1cc(CCCSC)ccc1C(=O)OCl. The number of aryl methyl sites for hydroxylation is 1. The van der Waals surface area contributed by atoms with Crippen LogP contribution in [-0.2, 0) is 10.7 Å². The Labute approximate surface area is 111 Å². The molecule has 94 valence electrons. The summed E-state index contributed by atoms with van der Waals surface area (Å²) >= 11 is 6.87. The molecule has 3 nitrogen and oxygen atoms in total. The van der Waals surface area contributed by atoms with Crippen LogP contribution in [0.1, 0.15) is 22.3 Å². The van der Waals surface area contributed by atoms with Gasteiger partial charge in [0.1, 0.15) is 23.2 Å². The molecule has 0 bridgehead atoms. The van der Waals surface area contributed by atoms with Gasteiger partial charge in [-0.15, -0.1) is 0 Å². The largest absolute Gasteiger partial charge is 0.496 e. The van der Waals surface area contributed by atoms with Crippen molar-refractivity contribution in [2.45, 2.75) is 12.8 Å². The molecule has 0 amide bonds. The van der Waals surface area contributed by atoms with Crippen LogP contribution in [0.15, 0.2) is 18.2 Å². The number of ether oxygens (including phenoxy) is 1. The van der Waals surface area contributed by atoms with E-state index in [2.05, 4.69) is 10.5 Å². The van der Waals surface area contributed by atoms with E-state index in [0.29, 0.717) is 11.3 Å². The van der Waals surface area contributed by atoms with Crippen LogP contribution in [0.4, 0.5) is 0 Å². The Morgan fingerprint density at radius 3 is 2.82 bits per heavy atom. The molecule has 0 saturated heterocycles. The van der Waals surface area contributed by atoms with Gasteiger partial charge in [-0.1, -0.05) is 6.07 Å². The van der Waals surface area contributed by atoms with E-state index >= 15 is 0 Å². The molecule has 1 aromatic rings. The van der Waals surface area contributed by atoms with Gasteiger partial charge < -0.3 is 9.03 Å². The third-order valence-electron chi connectivity index (χ3n) is 2.37. The lowest BCUT2D eigenvalue weighted by Gasteiger charge is -2.08. The van der Waals surface area contributed by atoms with Crippen molar-refractivity contribution in [3.63, 3.8) is 0 Å². The van der Waals surface area contributed by atoms with Gasteiger partial charge >= 0.3 is 5.97 Å². The molecule has 0 fully saturated rings. The molecule has 0 aliphatic heterocycles. The Kier molecular flexibility index (Phi) is 6.22. The van der Waals surface area contributed by atoms with E-state index in [9.17, 15) is 4.79 Å². The lowest BCUT2D eigenvalue weighted by molar-refractivity contribution is 0.0748. The molecule has 0 aliphatic carbocycles. The maximum atomic E-state index is 11.3. The summed E-state index contributed by atoms with van der Waals surface area (Å²) in [7, 11) is 1.52. The molecule has 0 N–H and O–H groups in total. The van der Waals surface area contributed by atoms with Crippen LogP contribution in [0, 0.1) is 0 Å². The number of rotatable bonds is 6. The highest BCUT2D eigenvalue weighted by Crippen LogP contribution is 2.22. The monoisotopic (exact) mass is 274 g/mol. The summed E-state index contributed by atoms with van der Waals surface area (Å²) in [5.41, 5.74) is 1.48. The zero-order valence-electron chi connectivity index (χ0n) is 9.86. The first kappa shape index (κ1) is 14.2. The third-order valence-corrected chi connectivity index (χ3v) is 3.21. The van der Waals surface area contributed by atoms with Gasteiger partial charge in [-0.3, -0.25) is 0 Å². The molecule has 5 heteroatoms. The van der Waals surface area contributed by atoms with Crippen molar-refractivity contribution >= 4 is 29.6 Å². The third kappa shape index (κ3) is 4.13. The van der Waals surface area contributed by atoms with Gasteiger partial charge in [-0.2, -0.15) is 11.8 Å². The summed E-state index contributed by atoms with van der Waals surface area (Å²) in [4.78, 5) is 11.3. The number of thioether (sulfide) groups is 1. The van der Waals surface area contributed by atoms with Crippen molar-refractivity contribution in [3.05, 3.63) is 29.3 Å². The minimum absolute atomic E-state index is 0.344. The molecular weight excluding hydrogens is 260 g/mol.